The molecule has 2 aromatic heterocycles. The molecule has 1 aromatic carbocycles. The molecule has 1 aliphatic rings. The van der Waals surface area contributed by atoms with Crippen LogP contribution >= 0.6 is 0 Å². The van der Waals surface area contributed by atoms with Gasteiger partial charge >= 0.3 is 0 Å². The van der Waals surface area contributed by atoms with E-state index in [9.17, 15) is 4.39 Å². The first kappa shape index (κ1) is 16.7. The number of imidazole rings is 1. The Morgan fingerprint density at radius 2 is 1.85 bits per heavy atom. The summed E-state index contributed by atoms with van der Waals surface area (Å²) in [6.45, 7) is 1.79. The van der Waals surface area contributed by atoms with Gasteiger partial charge in [0.25, 0.3) is 0 Å². The number of hydrogen-bond acceptors (Lipinski definition) is 5. The van der Waals surface area contributed by atoms with E-state index < -0.39 is 0 Å². The first-order valence-electron chi connectivity index (χ1n) is 8.75. The van der Waals surface area contributed by atoms with E-state index >= 15 is 0 Å². The van der Waals surface area contributed by atoms with Crippen LogP contribution in [0.4, 0.5) is 10.3 Å². The van der Waals surface area contributed by atoms with Gasteiger partial charge in [-0.25, -0.2) is 19.3 Å². The van der Waals surface area contributed by atoms with Crippen molar-refractivity contribution in [2.24, 2.45) is 0 Å². The van der Waals surface area contributed by atoms with Crippen molar-refractivity contribution in [3.05, 3.63) is 59.9 Å². The van der Waals surface area contributed by atoms with Gasteiger partial charge in [-0.15, -0.1) is 0 Å². The van der Waals surface area contributed by atoms with Gasteiger partial charge < -0.3 is 15.6 Å². The Hall–Kier alpha value is -2.80. The van der Waals surface area contributed by atoms with Crippen molar-refractivity contribution in [3.8, 4) is 11.4 Å². The fraction of sp³-hybridized carbons (Fsp3) is 0.316. The predicted molar refractivity (Wildman–Crippen MR) is 98.4 cm³/mol. The molecule has 3 N–H and O–H groups in total. The topological polar surface area (TPSA) is 78.5 Å². The molecule has 26 heavy (non-hydrogen) atoms. The summed E-state index contributed by atoms with van der Waals surface area (Å²) in [6.07, 6.45) is 5.33. The number of aromatic nitrogens is 4. The maximum atomic E-state index is 13.4. The molecule has 0 spiro atoms. The molecule has 0 atom stereocenters. The van der Waals surface area contributed by atoms with Crippen LogP contribution in [0.15, 0.2) is 42.7 Å². The zero-order valence-corrected chi connectivity index (χ0v) is 14.6. The molecule has 3 heterocycles. The van der Waals surface area contributed by atoms with Crippen molar-refractivity contribution >= 4 is 5.95 Å². The van der Waals surface area contributed by atoms with Crippen molar-refractivity contribution in [1.82, 2.24) is 25.3 Å². The number of rotatable bonds is 4. The normalized spacial score (nSPS) is 16.4. The maximum absolute atomic E-state index is 13.4. The highest BCUT2D eigenvalue weighted by Gasteiger charge is 2.38. The van der Waals surface area contributed by atoms with Gasteiger partial charge in [0.1, 0.15) is 11.6 Å². The molecule has 3 aromatic rings. The molecule has 134 valence electrons. The first-order valence-corrected chi connectivity index (χ1v) is 8.75. The molecule has 0 amide bonds. The van der Waals surface area contributed by atoms with E-state index in [2.05, 4.69) is 30.6 Å². The fourth-order valence-electron chi connectivity index (χ4n) is 3.61. The third-order valence-corrected chi connectivity index (χ3v) is 5.04. The molecule has 1 saturated heterocycles. The number of nitrogens with zero attached hydrogens (tertiary/aromatic N) is 3. The van der Waals surface area contributed by atoms with Crippen LogP contribution < -0.4 is 10.6 Å². The Labute approximate surface area is 151 Å². The van der Waals surface area contributed by atoms with Crippen LogP contribution in [-0.2, 0) is 5.41 Å². The van der Waals surface area contributed by atoms with Crippen LogP contribution in [0.1, 0.15) is 24.2 Å². The summed E-state index contributed by atoms with van der Waals surface area (Å²) in [4.78, 5) is 16.8. The summed E-state index contributed by atoms with van der Waals surface area (Å²) < 4.78 is 13.4. The molecule has 0 bridgehead atoms. The number of nitrogens with one attached hydrogen (secondary N) is 3. The van der Waals surface area contributed by atoms with E-state index in [0.717, 1.165) is 48.7 Å². The molecule has 0 saturated carbocycles. The zero-order chi connectivity index (χ0) is 18.0. The lowest BCUT2D eigenvalue weighted by atomic mass is 9.72. The summed E-state index contributed by atoms with van der Waals surface area (Å²) in [7, 11) is 1.79. The van der Waals surface area contributed by atoms with E-state index in [1.165, 1.54) is 12.1 Å². The molecule has 1 aliphatic heterocycles. The number of halogens is 1. The number of benzene rings is 1. The third kappa shape index (κ3) is 2.94. The van der Waals surface area contributed by atoms with Crippen LogP contribution in [0.5, 0.6) is 0 Å². The summed E-state index contributed by atoms with van der Waals surface area (Å²) in [5.41, 5.74) is 2.46. The average molecular weight is 352 g/mol. The maximum Gasteiger partial charge on any atom is 0.222 e. The summed E-state index contributed by atoms with van der Waals surface area (Å²) >= 11 is 0. The van der Waals surface area contributed by atoms with Crippen LogP contribution in [0, 0.1) is 5.82 Å². The van der Waals surface area contributed by atoms with E-state index in [4.69, 9.17) is 0 Å². The smallest absolute Gasteiger partial charge is 0.222 e. The van der Waals surface area contributed by atoms with Crippen molar-refractivity contribution in [2.45, 2.75) is 18.3 Å². The van der Waals surface area contributed by atoms with Crippen LogP contribution in [0.2, 0.25) is 0 Å². The van der Waals surface area contributed by atoms with Crippen molar-refractivity contribution in [3.63, 3.8) is 0 Å². The molecule has 7 heteroatoms. The molecule has 6 nitrogen and oxygen atoms in total. The van der Waals surface area contributed by atoms with Crippen LogP contribution in [0.25, 0.3) is 11.4 Å². The molecule has 0 radical (unpaired) electrons. The number of anilines is 1. The number of hydrogen-bond donors (Lipinski definition) is 3. The van der Waals surface area contributed by atoms with Crippen LogP contribution in [0.3, 0.4) is 0 Å². The minimum atomic E-state index is -0.254. The molecular formula is C19H21FN6. The summed E-state index contributed by atoms with van der Waals surface area (Å²) in [5, 5.41) is 6.34. The zero-order valence-electron chi connectivity index (χ0n) is 14.6. The minimum Gasteiger partial charge on any atom is -0.357 e. The molecular weight excluding hydrogens is 331 g/mol. The average Bonchev–Trinajstić information content (AvgIpc) is 3.20. The molecule has 0 unspecified atom stereocenters. The summed E-state index contributed by atoms with van der Waals surface area (Å²) in [6, 6.07) is 8.63. The van der Waals surface area contributed by atoms with E-state index in [1.54, 1.807) is 13.2 Å². The molecule has 0 aliphatic carbocycles. The van der Waals surface area contributed by atoms with Crippen LogP contribution in [-0.4, -0.2) is 40.1 Å². The Morgan fingerprint density at radius 1 is 1.08 bits per heavy atom. The highest BCUT2D eigenvalue weighted by molar-refractivity contribution is 5.55. The standard InChI is InChI=1S/C19H21FN6/c1-21-18-23-9-6-15(26-18)16-12-24-17(25-16)19(7-10-22-11-8-19)13-2-4-14(20)5-3-13/h2-6,9,12,22H,7-8,10-11H2,1H3,(H,24,25)(H,21,23,26). The summed E-state index contributed by atoms with van der Waals surface area (Å²) in [5.74, 6) is 1.23. The Kier molecular flexibility index (Phi) is 4.38. The monoisotopic (exact) mass is 352 g/mol. The van der Waals surface area contributed by atoms with Crippen molar-refractivity contribution in [2.75, 3.05) is 25.5 Å². The lowest BCUT2D eigenvalue weighted by Gasteiger charge is -2.36. The third-order valence-electron chi connectivity index (χ3n) is 5.04. The predicted octanol–water partition coefficient (Wildman–Crippen LogP) is 2.72. The van der Waals surface area contributed by atoms with Crippen molar-refractivity contribution < 1.29 is 4.39 Å². The quantitative estimate of drug-likeness (QED) is 0.673. The second-order valence-electron chi connectivity index (χ2n) is 6.50. The highest BCUT2D eigenvalue weighted by Crippen LogP contribution is 2.39. The first-order chi connectivity index (χ1) is 12.7. The van der Waals surface area contributed by atoms with Gasteiger partial charge in [-0.2, -0.15) is 0 Å². The molecule has 1 fully saturated rings. The van der Waals surface area contributed by atoms with Gasteiger partial charge in [-0.1, -0.05) is 12.1 Å². The van der Waals surface area contributed by atoms with Crippen molar-refractivity contribution in [1.29, 1.82) is 0 Å². The van der Waals surface area contributed by atoms with Gasteiger partial charge in [0.15, 0.2) is 0 Å². The lowest BCUT2D eigenvalue weighted by molar-refractivity contribution is 0.347. The van der Waals surface area contributed by atoms with Gasteiger partial charge in [-0.3, -0.25) is 0 Å². The van der Waals surface area contributed by atoms with E-state index in [0.29, 0.717) is 5.95 Å². The van der Waals surface area contributed by atoms with E-state index in [-0.39, 0.29) is 11.2 Å². The Morgan fingerprint density at radius 3 is 2.58 bits per heavy atom. The highest BCUT2D eigenvalue weighted by atomic mass is 19.1. The Bertz CT molecular complexity index is 883. The SMILES string of the molecule is CNc1nccc(-c2cnc(C3(c4ccc(F)cc4)CCNCC3)[nH]2)n1. The number of aromatic amines is 1. The number of H-pyrrole nitrogens is 1. The minimum absolute atomic E-state index is 0.224. The van der Waals surface area contributed by atoms with E-state index in [1.807, 2.05) is 24.4 Å². The Balaban J connectivity index is 1.75. The lowest BCUT2D eigenvalue weighted by Crippen LogP contribution is -2.41. The van der Waals surface area contributed by atoms with Gasteiger partial charge in [0.2, 0.25) is 5.95 Å². The molecule has 4 rings (SSSR count). The van der Waals surface area contributed by atoms with Gasteiger partial charge in [-0.05, 0) is 49.7 Å². The second-order valence-corrected chi connectivity index (χ2v) is 6.50. The fourth-order valence-corrected chi connectivity index (χ4v) is 3.61. The second kappa shape index (κ2) is 6.84. The van der Waals surface area contributed by atoms with Gasteiger partial charge in [0, 0.05) is 13.2 Å². The van der Waals surface area contributed by atoms with Gasteiger partial charge in [0.05, 0.1) is 23.0 Å². The largest absolute Gasteiger partial charge is 0.357 e. The number of piperidine rings is 1.